The molecule has 0 aromatic heterocycles. The van der Waals surface area contributed by atoms with Crippen LogP contribution in [-0.2, 0) is 4.74 Å². The summed E-state index contributed by atoms with van der Waals surface area (Å²) in [5.41, 5.74) is 0.608. The molecule has 0 spiro atoms. The fraction of sp³-hybridized carbons (Fsp3) is 1.00. The van der Waals surface area contributed by atoms with Crippen LogP contribution in [0.2, 0.25) is 0 Å². The van der Waals surface area contributed by atoms with Crippen molar-refractivity contribution in [1.29, 1.82) is 0 Å². The van der Waals surface area contributed by atoms with E-state index in [9.17, 15) is 0 Å². The van der Waals surface area contributed by atoms with Crippen molar-refractivity contribution in [2.45, 2.75) is 91.0 Å². The van der Waals surface area contributed by atoms with E-state index in [0.717, 1.165) is 19.6 Å². The third-order valence-electron chi connectivity index (χ3n) is 5.73. The van der Waals surface area contributed by atoms with E-state index in [4.69, 9.17) is 4.74 Å². The van der Waals surface area contributed by atoms with E-state index < -0.39 is 0 Å². The van der Waals surface area contributed by atoms with Gasteiger partial charge in [-0.15, -0.1) is 0 Å². The Labute approximate surface area is 131 Å². The molecular formula is C18H36N2O. The van der Waals surface area contributed by atoms with Crippen LogP contribution < -0.4 is 5.32 Å². The van der Waals surface area contributed by atoms with Gasteiger partial charge in [-0.3, -0.25) is 4.90 Å². The van der Waals surface area contributed by atoms with Gasteiger partial charge in [0.05, 0.1) is 12.2 Å². The van der Waals surface area contributed by atoms with Crippen molar-refractivity contribution in [2.75, 3.05) is 19.6 Å². The molecule has 0 amide bonds. The van der Waals surface area contributed by atoms with E-state index in [1.165, 1.54) is 25.7 Å². The first-order valence-corrected chi connectivity index (χ1v) is 8.94. The second-order valence-corrected chi connectivity index (χ2v) is 8.33. The Kier molecular flexibility index (Phi) is 5.38. The first-order chi connectivity index (χ1) is 9.79. The fourth-order valence-corrected chi connectivity index (χ4v) is 4.05. The van der Waals surface area contributed by atoms with Gasteiger partial charge in [-0.05, 0) is 38.0 Å². The summed E-state index contributed by atoms with van der Waals surface area (Å²) in [5.74, 6) is 0. The average Bonchev–Trinajstić information content (AvgIpc) is 2.82. The highest BCUT2D eigenvalue weighted by atomic mass is 16.5. The van der Waals surface area contributed by atoms with Gasteiger partial charge in [0.15, 0.2) is 0 Å². The summed E-state index contributed by atoms with van der Waals surface area (Å²) in [6.45, 7) is 17.3. The second-order valence-electron chi connectivity index (χ2n) is 8.33. The smallest absolute Gasteiger partial charge is 0.0706 e. The Hall–Kier alpha value is -0.120. The third-order valence-corrected chi connectivity index (χ3v) is 5.73. The van der Waals surface area contributed by atoms with Crippen LogP contribution in [0.5, 0.6) is 0 Å². The summed E-state index contributed by atoms with van der Waals surface area (Å²) < 4.78 is 6.10. The van der Waals surface area contributed by atoms with Gasteiger partial charge in [-0.1, -0.05) is 34.6 Å². The number of nitrogens with zero attached hydrogens (tertiary/aromatic N) is 1. The maximum Gasteiger partial charge on any atom is 0.0706 e. The lowest BCUT2D eigenvalue weighted by Crippen LogP contribution is -2.67. The minimum absolute atomic E-state index is 0.298. The van der Waals surface area contributed by atoms with Crippen LogP contribution in [0, 0.1) is 5.41 Å². The first kappa shape index (κ1) is 17.2. The van der Waals surface area contributed by atoms with Crippen LogP contribution in [0.25, 0.3) is 0 Å². The maximum absolute atomic E-state index is 6.10. The zero-order valence-corrected chi connectivity index (χ0v) is 15.0. The maximum atomic E-state index is 6.10. The third kappa shape index (κ3) is 4.00. The van der Waals surface area contributed by atoms with Crippen molar-refractivity contribution in [3.05, 3.63) is 0 Å². The number of hydrogen-bond acceptors (Lipinski definition) is 3. The topological polar surface area (TPSA) is 24.5 Å². The molecule has 3 atom stereocenters. The molecule has 3 nitrogen and oxygen atoms in total. The lowest BCUT2D eigenvalue weighted by Gasteiger charge is -2.52. The molecule has 2 saturated heterocycles. The molecule has 21 heavy (non-hydrogen) atoms. The lowest BCUT2D eigenvalue weighted by molar-refractivity contribution is -0.0285. The minimum atomic E-state index is 0.298. The molecular weight excluding hydrogens is 260 g/mol. The molecule has 0 aromatic carbocycles. The quantitative estimate of drug-likeness (QED) is 0.860. The molecule has 2 aliphatic rings. The summed E-state index contributed by atoms with van der Waals surface area (Å²) in [4.78, 5) is 2.73. The van der Waals surface area contributed by atoms with Gasteiger partial charge in [-0.25, -0.2) is 0 Å². The Bertz CT molecular complexity index is 333. The Morgan fingerprint density at radius 3 is 2.33 bits per heavy atom. The summed E-state index contributed by atoms with van der Waals surface area (Å²) in [6.07, 6.45) is 5.76. The van der Waals surface area contributed by atoms with Gasteiger partial charge >= 0.3 is 0 Å². The summed E-state index contributed by atoms with van der Waals surface area (Å²) in [6, 6.07) is 0.600. The zero-order chi connectivity index (χ0) is 15.7. The predicted molar refractivity (Wildman–Crippen MR) is 89.7 cm³/mol. The van der Waals surface area contributed by atoms with E-state index in [1.54, 1.807) is 0 Å². The van der Waals surface area contributed by atoms with Crippen molar-refractivity contribution in [3.63, 3.8) is 0 Å². The molecule has 0 aromatic rings. The van der Waals surface area contributed by atoms with Crippen molar-refractivity contribution in [1.82, 2.24) is 10.2 Å². The molecule has 2 aliphatic heterocycles. The molecule has 0 bridgehead atoms. The van der Waals surface area contributed by atoms with Crippen molar-refractivity contribution < 1.29 is 4.74 Å². The van der Waals surface area contributed by atoms with Gasteiger partial charge in [0.1, 0.15) is 0 Å². The average molecular weight is 296 g/mol. The van der Waals surface area contributed by atoms with E-state index >= 15 is 0 Å². The van der Waals surface area contributed by atoms with Gasteiger partial charge in [0.25, 0.3) is 0 Å². The number of hydrogen-bond donors (Lipinski definition) is 1. The predicted octanol–water partition coefficient (Wildman–Crippen LogP) is 3.43. The van der Waals surface area contributed by atoms with Gasteiger partial charge < -0.3 is 10.1 Å². The highest BCUT2D eigenvalue weighted by Gasteiger charge is 2.42. The summed E-state index contributed by atoms with van der Waals surface area (Å²) >= 11 is 0. The Morgan fingerprint density at radius 1 is 1.19 bits per heavy atom. The second kappa shape index (κ2) is 6.55. The number of piperazine rings is 1. The van der Waals surface area contributed by atoms with E-state index in [-0.39, 0.29) is 0 Å². The molecule has 0 radical (unpaired) electrons. The van der Waals surface area contributed by atoms with Crippen LogP contribution in [-0.4, -0.2) is 48.3 Å². The summed E-state index contributed by atoms with van der Waals surface area (Å²) in [7, 11) is 0. The largest absolute Gasteiger partial charge is 0.374 e. The molecule has 0 saturated carbocycles. The van der Waals surface area contributed by atoms with Crippen LogP contribution in [0.15, 0.2) is 0 Å². The van der Waals surface area contributed by atoms with E-state index in [2.05, 4.69) is 51.8 Å². The molecule has 3 heteroatoms. The molecule has 1 N–H and O–H groups in total. The fourth-order valence-electron chi connectivity index (χ4n) is 4.05. The molecule has 124 valence electrons. The SMILES string of the molecule is CCC1(CC)CN(CC2CCC(C)O2)C(C(C)(C)C)CN1. The lowest BCUT2D eigenvalue weighted by atomic mass is 9.80. The van der Waals surface area contributed by atoms with Gasteiger partial charge in [-0.2, -0.15) is 0 Å². The van der Waals surface area contributed by atoms with Gasteiger partial charge in [0, 0.05) is 31.2 Å². The van der Waals surface area contributed by atoms with Crippen molar-refractivity contribution in [2.24, 2.45) is 5.41 Å². The molecule has 2 heterocycles. The Morgan fingerprint density at radius 2 is 1.86 bits per heavy atom. The van der Waals surface area contributed by atoms with E-state index in [0.29, 0.717) is 29.2 Å². The standard InChI is InChI=1S/C18H36N2O/c1-7-18(8-2)13-20(12-15-10-9-14(3)21-15)16(11-19-18)17(4,5)6/h14-16,19H,7-13H2,1-6H3. The van der Waals surface area contributed by atoms with Gasteiger partial charge in [0.2, 0.25) is 0 Å². The van der Waals surface area contributed by atoms with Crippen LogP contribution >= 0.6 is 0 Å². The molecule has 3 unspecified atom stereocenters. The van der Waals surface area contributed by atoms with Crippen molar-refractivity contribution in [3.8, 4) is 0 Å². The zero-order valence-electron chi connectivity index (χ0n) is 15.0. The number of nitrogens with one attached hydrogen (secondary N) is 1. The number of ether oxygens (including phenoxy) is 1. The van der Waals surface area contributed by atoms with Crippen LogP contribution in [0.4, 0.5) is 0 Å². The summed E-state index contributed by atoms with van der Waals surface area (Å²) in [5, 5.41) is 3.87. The molecule has 2 rings (SSSR count). The Balaban J connectivity index is 2.09. The minimum Gasteiger partial charge on any atom is -0.374 e. The highest BCUT2D eigenvalue weighted by molar-refractivity contribution is 5.00. The normalized spacial score (nSPS) is 34.3. The molecule has 0 aliphatic carbocycles. The first-order valence-electron chi connectivity index (χ1n) is 8.94. The monoisotopic (exact) mass is 296 g/mol. The van der Waals surface area contributed by atoms with E-state index in [1.807, 2.05) is 0 Å². The highest BCUT2D eigenvalue weighted by Crippen LogP contribution is 2.32. The van der Waals surface area contributed by atoms with Crippen LogP contribution in [0.3, 0.4) is 0 Å². The molecule has 2 fully saturated rings. The van der Waals surface area contributed by atoms with Crippen LogP contribution in [0.1, 0.15) is 67.2 Å². The van der Waals surface area contributed by atoms with Crippen molar-refractivity contribution >= 4 is 0 Å². The number of rotatable bonds is 4.